The number of carbonyl (C=O) groups excluding carboxylic acids is 1. The Morgan fingerprint density at radius 3 is 2.28 bits per heavy atom. The van der Waals surface area contributed by atoms with Crippen LogP contribution in [-0.4, -0.2) is 24.1 Å². The van der Waals surface area contributed by atoms with Gasteiger partial charge in [-0.25, -0.2) is 0 Å². The summed E-state index contributed by atoms with van der Waals surface area (Å²) in [6.07, 6.45) is 9.58. The maximum absolute atomic E-state index is 11.1. The maximum atomic E-state index is 11.1. The molecule has 0 aliphatic rings. The van der Waals surface area contributed by atoms with E-state index in [-0.39, 0.29) is 5.97 Å². The molecule has 0 N–H and O–H groups in total. The summed E-state index contributed by atoms with van der Waals surface area (Å²) in [6, 6.07) is 0. The maximum Gasteiger partial charge on any atom is 0.305 e. The first-order chi connectivity index (χ1) is 8.81. The van der Waals surface area contributed by atoms with Crippen molar-refractivity contribution in [1.29, 1.82) is 0 Å². The van der Waals surface area contributed by atoms with Crippen molar-refractivity contribution in [2.45, 2.75) is 65.2 Å². The molecular formula is C14H28O2S2. The van der Waals surface area contributed by atoms with Gasteiger partial charge in [-0.2, -0.15) is 0 Å². The van der Waals surface area contributed by atoms with E-state index in [1.54, 1.807) is 0 Å². The Kier molecular flexibility index (Phi) is 15.4. The Morgan fingerprint density at radius 1 is 0.889 bits per heavy atom. The summed E-state index contributed by atoms with van der Waals surface area (Å²) in [7, 11) is 3.73. The molecule has 4 heteroatoms. The van der Waals surface area contributed by atoms with Gasteiger partial charge in [-0.15, -0.1) is 0 Å². The third-order valence-electron chi connectivity index (χ3n) is 2.55. The second kappa shape index (κ2) is 15.2. The second-order valence-electron chi connectivity index (χ2n) is 4.38. The predicted octanol–water partition coefficient (Wildman–Crippen LogP) is 5.07. The molecule has 0 amide bonds. The second-order valence-corrected chi connectivity index (χ2v) is 7.08. The highest BCUT2D eigenvalue weighted by Crippen LogP contribution is 2.22. The lowest BCUT2D eigenvalue weighted by Gasteiger charge is -2.03. The van der Waals surface area contributed by atoms with Crippen LogP contribution < -0.4 is 0 Å². The van der Waals surface area contributed by atoms with E-state index in [0.717, 1.165) is 12.2 Å². The molecule has 0 aliphatic heterocycles. The third-order valence-corrected chi connectivity index (χ3v) is 5.00. The molecule has 2 nitrogen and oxygen atoms in total. The Morgan fingerprint density at radius 2 is 1.56 bits per heavy atom. The zero-order valence-electron chi connectivity index (χ0n) is 11.9. The van der Waals surface area contributed by atoms with Gasteiger partial charge >= 0.3 is 5.97 Å². The number of carbonyl (C=O) groups is 1. The van der Waals surface area contributed by atoms with Gasteiger partial charge in [0.15, 0.2) is 0 Å². The molecule has 0 unspecified atom stereocenters. The fourth-order valence-corrected chi connectivity index (χ4v) is 3.50. The van der Waals surface area contributed by atoms with E-state index in [0.29, 0.717) is 13.0 Å². The molecule has 0 heterocycles. The van der Waals surface area contributed by atoms with Crippen LogP contribution in [0, 0.1) is 0 Å². The van der Waals surface area contributed by atoms with Crippen LogP contribution in [0.4, 0.5) is 0 Å². The van der Waals surface area contributed by atoms with Gasteiger partial charge in [-0.1, -0.05) is 67.5 Å². The van der Waals surface area contributed by atoms with Crippen LogP contribution in [0.5, 0.6) is 0 Å². The summed E-state index contributed by atoms with van der Waals surface area (Å²) >= 11 is 0. The van der Waals surface area contributed by atoms with E-state index in [1.165, 1.54) is 44.3 Å². The van der Waals surface area contributed by atoms with E-state index in [4.69, 9.17) is 4.74 Å². The Bertz CT molecular complexity index is 187. The zero-order chi connectivity index (χ0) is 13.5. The van der Waals surface area contributed by atoms with Gasteiger partial charge in [-0.3, -0.25) is 4.79 Å². The number of rotatable bonds is 13. The largest absolute Gasteiger partial charge is 0.465 e. The van der Waals surface area contributed by atoms with Crippen LogP contribution in [-0.2, 0) is 9.53 Å². The lowest BCUT2D eigenvalue weighted by Crippen LogP contribution is -2.06. The van der Waals surface area contributed by atoms with Gasteiger partial charge in [0, 0.05) is 17.9 Å². The minimum absolute atomic E-state index is 0.0565. The average molecular weight is 293 g/mol. The minimum atomic E-state index is -0.0565. The number of ether oxygens (including phenoxy) is 1. The average Bonchev–Trinajstić information content (AvgIpc) is 2.36. The molecule has 0 bridgehead atoms. The van der Waals surface area contributed by atoms with E-state index in [2.05, 4.69) is 6.92 Å². The van der Waals surface area contributed by atoms with Crippen molar-refractivity contribution >= 4 is 27.6 Å². The minimum Gasteiger partial charge on any atom is -0.465 e. The lowest BCUT2D eigenvalue weighted by atomic mass is 10.1. The Balaban J connectivity index is 3.01. The number of hydrogen-bond acceptors (Lipinski definition) is 4. The van der Waals surface area contributed by atoms with Gasteiger partial charge in [0.2, 0.25) is 0 Å². The first kappa shape index (κ1) is 18.2. The fourth-order valence-electron chi connectivity index (χ4n) is 1.52. The van der Waals surface area contributed by atoms with Gasteiger partial charge in [0.25, 0.3) is 0 Å². The van der Waals surface area contributed by atoms with Crippen LogP contribution in [0.3, 0.4) is 0 Å². The molecule has 0 radical (unpaired) electrons. The molecule has 0 saturated heterocycles. The highest BCUT2D eigenvalue weighted by molar-refractivity contribution is 8.76. The van der Waals surface area contributed by atoms with Crippen LogP contribution in [0.2, 0.25) is 0 Å². The van der Waals surface area contributed by atoms with Crippen molar-refractivity contribution in [2.75, 3.05) is 18.1 Å². The molecule has 108 valence electrons. The highest BCUT2D eigenvalue weighted by atomic mass is 33.1. The van der Waals surface area contributed by atoms with Gasteiger partial charge in [0.05, 0.1) is 0 Å². The molecule has 0 aromatic rings. The summed E-state index contributed by atoms with van der Waals surface area (Å²) in [5.74, 6) is 2.08. The number of esters is 1. The van der Waals surface area contributed by atoms with Gasteiger partial charge < -0.3 is 4.74 Å². The van der Waals surface area contributed by atoms with E-state index in [1.807, 2.05) is 28.5 Å². The van der Waals surface area contributed by atoms with E-state index in [9.17, 15) is 4.79 Å². The van der Waals surface area contributed by atoms with Crippen molar-refractivity contribution < 1.29 is 9.53 Å². The lowest BCUT2D eigenvalue weighted by molar-refractivity contribution is -0.142. The van der Waals surface area contributed by atoms with Gasteiger partial charge in [0.1, 0.15) is 6.61 Å². The fraction of sp³-hybridized carbons (Fsp3) is 0.929. The van der Waals surface area contributed by atoms with E-state index >= 15 is 0 Å². The summed E-state index contributed by atoms with van der Waals surface area (Å²) in [5.41, 5.74) is 0. The normalized spacial score (nSPS) is 10.6. The summed E-state index contributed by atoms with van der Waals surface area (Å²) in [6.45, 7) is 4.80. The predicted molar refractivity (Wildman–Crippen MR) is 84.2 cm³/mol. The molecule has 0 saturated carbocycles. The zero-order valence-corrected chi connectivity index (χ0v) is 13.5. The summed E-state index contributed by atoms with van der Waals surface area (Å²) in [5, 5.41) is 0. The molecule has 0 aromatic carbocycles. The summed E-state index contributed by atoms with van der Waals surface area (Å²) in [4.78, 5) is 11.1. The topological polar surface area (TPSA) is 26.3 Å². The van der Waals surface area contributed by atoms with Crippen LogP contribution in [0.25, 0.3) is 0 Å². The van der Waals surface area contributed by atoms with E-state index < -0.39 is 0 Å². The molecule has 0 rings (SSSR count). The van der Waals surface area contributed by atoms with Crippen molar-refractivity contribution in [3.8, 4) is 0 Å². The molecule has 0 fully saturated rings. The number of unbranched alkanes of at least 4 members (excludes halogenated alkanes) is 5. The molecule has 18 heavy (non-hydrogen) atoms. The van der Waals surface area contributed by atoms with Crippen molar-refractivity contribution in [3.63, 3.8) is 0 Å². The molecule has 0 aliphatic carbocycles. The molecular weight excluding hydrogens is 264 g/mol. The van der Waals surface area contributed by atoms with Gasteiger partial charge in [-0.05, 0) is 12.8 Å². The van der Waals surface area contributed by atoms with Crippen LogP contribution in [0.15, 0.2) is 0 Å². The smallest absolute Gasteiger partial charge is 0.305 e. The summed E-state index contributed by atoms with van der Waals surface area (Å²) < 4.78 is 5.08. The van der Waals surface area contributed by atoms with Crippen molar-refractivity contribution in [2.24, 2.45) is 0 Å². The Hall–Kier alpha value is 0.170. The van der Waals surface area contributed by atoms with Crippen molar-refractivity contribution in [1.82, 2.24) is 0 Å². The number of hydrogen-bond donors (Lipinski definition) is 0. The Labute approximate surface area is 120 Å². The van der Waals surface area contributed by atoms with Crippen molar-refractivity contribution in [3.05, 3.63) is 0 Å². The first-order valence-corrected chi connectivity index (χ1v) is 9.70. The monoisotopic (exact) mass is 292 g/mol. The van der Waals surface area contributed by atoms with Crippen LogP contribution >= 0.6 is 21.6 Å². The molecule has 0 atom stereocenters. The first-order valence-electron chi connectivity index (χ1n) is 7.21. The van der Waals surface area contributed by atoms with Crippen LogP contribution in [0.1, 0.15) is 65.2 Å². The third kappa shape index (κ3) is 14.2. The SMILES string of the molecule is CCCCCCCCSSCCOC(=O)CCC. The molecule has 0 spiro atoms. The molecule has 0 aromatic heterocycles. The highest BCUT2D eigenvalue weighted by Gasteiger charge is 1.99. The standard InChI is InChI=1S/C14H28O2S2/c1-3-5-6-7-8-9-12-17-18-13-11-16-14(15)10-4-2/h3-13H2,1-2H3. The quantitative estimate of drug-likeness (QED) is 0.269.